The molecule has 3 rings (SSSR count). The van der Waals surface area contributed by atoms with Crippen LogP contribution < -0.4 is 14.2 Å². The molecule has 0 aliphatic carbocycles. The average molecular weight is 525 g/mol. The summed E-state index contributed by atoms with van der Waals surface area (Å²) in [6.45, 7) is 6.02. The van der Waals surface area contributed by atoms with E-state index < -0.39 is 11.9 Å². The van der Waals surface area contributed by atoms with Gasteiger partial charge in [-0.15, -0.1) is 0 Å². The summed E-state index contributed by atoms with van der Waals surface area (Å²) in [4.78, 5) is 23.2. The molecule has 0 bridgehead atoms. The van der Waals surface area contributed by atoms with Crippen LogP contribution in [0.4, 0.5) is 0 Å². The molecule has 180 valence electrons. The molecule has 10 heteroatoms. The van der Waals surface area contributed by atoms with Crippen LogP contribution in [0.1, 0.15) is 11.1 Å². The number of hydrogen-bond donors (Lipinski definition) is 2. The lowest BCUT2D eigenvalue weighted by atomic mass is 10.1. The highest BCUT2D eigenvalue weighted by Crippen LogP contribution is 2.35. The molecule has 1 saturated heterocycles. The van der Waals surface area contributed by atoms with E-state index in [-0.39, 0.29) is 0 Å². The Morgan fingerprint density at radius 1 is 0.818 bits per heavy atom. The number of carboxylic acid groups (broad SMARTS) is 2. The van der Waals surface area contributed by atoms with Gasteiger partial charge in [-0.2, -0.15) is 0 Å². The molecule has 1 heterocycles. The summed E-state index contributed by atoms with van der Waals surface area (Å²) < 4.78 is 17.5. The van der Waals surface area contributed by atoms with Crippen molar-refractivity contribution in [3.63, 3.8) is 0 Å². The van der Waals surface area contributed by atoms with Gasteiger partial charge in [0.05, 0.1) is 21.3 Å². The Bertz CT molecular complexity index is 934. The number of halogens is 1. The first kappa shape index (κ1) is 26.4. The van der Waals surface area contributed by atoms with Crippen molar-refractivity contribution in [3.05, 3.63) is 52.0 Å². The summed E-state index contributed by atoms with van der Waals surface area (Å²) in [5, 5.41) is 14.8. The summed E-state index contributed by atoms with van der Waals surface area (Å²) in [5.41, 5.74) is 2.47. The van der Waals surface area contributed by atoms with E-state index in [0.29, 0.717) is 5.75 Å². The van der Waals surface area contributed by atoms with Crippen molar-refractivity contribution in [2.75, 3.05) is 47.5 Å². The first-order valence-corrected chi connectivity index (χ1v) is 11.0. The molecule has 33 heavy (non-hydrogen) atoms. The van der Waals surface area contributed by atoms with E-state index in [0.717, 1.165) is 60.8 Å². The first-order valence-electron chi connectivity index (χ1n) is 10.2. The minimum atomic E-state index is -1.82. The van der Waals surface area contributed by atoms with Crippen molar-refractivity contribution in [2.45, 2.75) is 13.1 Å². The van der Waals surface area contributed by atoms with Gasteiger partial charge in [0.1, 0.15) is 5.75 Å². The Balaban J connectivity index is 0.000000569. The average Bonchev–Trinajstić information content (AvgIpc) is 2.80. The highest BCUT2D eigenvalue weighted by Gasteiger charge is 2.20. The molecule has 0 saturated carbocycles. The summed E-state index contributed by atoms with van der Waals surface area (Å²) in [7, 11) is 5.00. The molecule has 1 aliphatic rings. The van der Waals surface area contributed by atoms with E-state index in [4.69, 9.17) is 34.0 Å². The van der Waals surface area contributed by atoms with Crippen molar-refractivity contribution >= 4 is 27.9 Å². The van der Waals surface area contributed by atoms with Crippen LogP contribution in [0.2, 0.25) is 0 Å². The van der Waals surface area contributed by atoms with Crippen LogP contribution in [0, 0.1) is 0 Å². The highest BCUT2D eigenvalue weighted by atomic mass is 79.9. The number of ether oxygens (including phenoxy) is 3. The summed E-state index contributed by atoms with van der Waals surface area (Å²) >= 11 is 3.55. The van der Waals surface area contributed by atoms with Gasteiger partial charge in [-0.25, -0.2) is 9.59 Å². The lowest BCUT2D eigenvalue weighted by molar-refractivity contribution is -0.159. The number of piperazine rings is 1. The maximum absolute atomic E-state index is 9.10. The van der Waals surface area contributed by atoms with Crippen LogP contribution >= 0.6 is 15.9 Å². The van der Waals surface area contributed by atoms with Gasteiger partial charge in [-0.1, -0.05) is 28.1 Å². The fourth-order valence-electron chi connectivity index (χ4n) is 3.46. The van der Waals surface area contributed by atoms with Gasteiger partial charge < -0.3 is 24.4 Å². The normalized spacial score (nSPS) is 14.1. The van der Waals surface area contributed by atoms with Crippen molar-refractivity contribution in [3.8, 4) is 17.2 Å². The maximum Gasteiger partial charge on any atom is 0.414 e. The maximum atomic E-state index is 9.10. The van der Waals surface area contributed by atoms with Crippen LogP contribution in [0.5, 0.6) is 17.2 Å². The number of rotatable bonds is 7. The number of hydrogen-bond acceptors (Lipinski definition) is 7. The van der Waals surface area contributed by atoms with E-state index >= 15 is 0 Å². The Morgan fingerprint density at radius 2 is 1.33 bits per heavy atom. The standard InChI is InChI=1S/C21H27BrN2O3.C2H2O4/c1-25-19-13-21(27-3)20(26-2)12-17(19)15-24-9-7-23(8-10-24)14-16-5-4-6-18(22)11-16;3-1(4)2(5)6/h4-6,11-13H,7-10,14-15H2,1-3H3;(H,3,4)(H,5,6). The van der Waals surface area contributed by atoms with E-state index in [1.165, 1.54) is 5.56 Å². The molecule has 0 unspecified atom stereocenters. The fourth-order valence-corrected chi connectivity index (χ4v) is 3.90. The topological polar surface area (TPSA) is 109 Å². The smallest absolute Gasteiger partial charge is 0.414 e. The van der Waals surface area contributed by atoms with Gasteiger partial charge in [0.25, 0.3) is 0 Å². The van der Waals surface area contributed by atoms with E-state index in [9.17, 15) is 0 Å². The van der Waals surface area contributed by atoms with Crippen LogP contribution in [0.25, 0.3) is 0 Å². The minimum Gasteiger partial charge on any atom is -0.496 e. The highest BCUT2D eigenvalue weighted by molar-refractivity contribution is 9.10. The molecule has 2 aromatic carbocycles. The summed E-state index contributed by atoms with van der Waals surface area (Å²) in [6.07, 6.45) is 0. The molecule has 0 aromatic heterocycles. The zero-order valence-corrected chi connectivity index (χ0v) is 20.5. The van der Waals surface area contributed by atoms with Crippen LogP contribution in [-0.4, -0.2) is 79.5 Å². The molecule has 0 atom stereocenters. The van der Waals surface area contributed by atoms with E-state index in [1.807, 2.05) is 12.1 Å². The number of carboxylic acids is 2. The predicted octanol–water partition coefficient (Wildman–Crippen LogP) is 2.95. The number of methoxy groups -OCH3 is 3. The van der Waals surface area contributed by atoms with Gasteiger partial charge >= 0.3 is 11.9 Å². The molecular weight excluding hydrogens is 496 g/mol. The van der Waals surface area contributed by atoms with Crippen molar-refractivity contribution in [1.29, 1.82) is 0 Å². The van der Waals surface area contributed by atoms with Crippen molar-refractivity contribution in [2.24, 2.45) is 0 Å². The Kier molecular flexibility index (Phi) is 10.4. The fraction of sp³-hybridized carbons (Fsp3) is 0.391. The van der Waals surface area contributed by atoms with Crippen LogP contribution in [-0.2, 0) is 22.7 Å². The van der Waals surface area contributed by atoms with Gasteiger partial charge in [-0.3, -0.25) is 9.80 Å². The lowest BCUT2D eigenvalue weighted by Crippen LogP contribution is -2.45. The number of aliphatic carboxylic acids is 2. The minimum absolute atomic E-state index is 0.692. The van der Waals surface area contributed by atoms with Gasteiger partial charge in [0.15, 0.2) is 11.5 Å². The molecule has 0 radical (unpaired) electrons. The second-order valence-corrected chi connectivity index (χ2v) is 8.23. The zero-order chi connectivity index (χ0) is 24.4. The second-order valence-electron chi connectivity index (χ2n) is 7.31. The molecule has 9 nitrogen and oxygen atoms in total. The van der Waals surface area contributed by atoms with Crippen molar-refractivity contribution < 1.29 is 34.0 Å². The summed E-state index contributed by atoms with van der Waals surface area (Å²) in [6, 6.07) is 12.5. The van der Waals surface area contributed by atoms with Crippen LogP contribution in [0.3, 0.4) is 0 Å². The van der Waals surface area contributed by atoms with Gasteiger partial charge in [-0.05, 0) is 23.8 Å². The van der Waals surface area contributed by atoms with Gasteiger partial charge in [0, 0.05) is 55.4 Å². The van der Waals surface area contributed by atoms with E-state index in [1.54, 1.807) is 21.3 Å². The monoisotopic (exact) mass is 524 g/mol. The third-order valence-electron chi connectivity index (χ3n) is 5.12. The molecular formula is C23H29BrN2O7. The SMILES string of the molecule is COc1cc(OC)c(OC)cc1CN1CCN(Cc2cccc(Br)c2)CC1.O=C(O)C(=O)O. The summed E-state index contributed by atoms with van der Waals surface area (Å²) in [5.74, 6) is -1.38. The predicted molar refractivity (Wildman–Crippen MR) is 126 cm³/mol. The molecule has 0 amide bonds. The Hall–Kier alpha value is -2.82. The molecule has 0 spiro atoms. The third kappa shape index (κ3) is 8.23. The Morgan fingerprint density at radius 3 is 1.82 bits per heavy atom. The Labute approximate surface area is 201 Å². The second kappa shape index (κ2) is 13.0. The zero-order valence-electron chi connectivity index (χ0n) is 18.9. The van der Waals surface area contributed by atoms with Crippen LogP contribution in [0.15, 0.2) is 40.9 Å². The molecule has 1 fully saturated rings. The third-order valence-corrected chi connectivity index (χ3v) is 5.62. The van der Waals surface area contributed by atoms with E-state index in [2.05, 4.69) is 50.0 Å². The molecule has 2 N–H and O–H groups in total. The van der Waals surface area contributed by atoms with Gasteiger partial charge in [0.2, 0.25) is 0 Å². The lowest BCUT2D eigenvalue weighted by Gasteiger charge is -2.35. The largest absolute Gasteiger partial charge is 0.496 e. The first-order chi connectivity index (χ1) is 15.8. The van der Waals surface area contributed by atoms with Crippen molar-refractivity contribution in [1.82, 2.24) is 9.80 Å². The molecule has 2 aromatic rings. The molecule has 1 aliphatic heterocycles. The number of carbonyl (C=O) groups is 2. The number of benzene rings is 2. The quantitative estimate of drug-likeness (QED) is 0.528. The number of nitrogens with zero attached hydrogens (tertiary/aromatic N) is 2.